The molecule has 1 aromatic heterocycles. The minimum atomic E-state index is 0.124. The Bertz CT molecular complexity index is 509. The SMILES string of the molecule is CC.CC(=O)c1cn(C)c2cc(C)ccc12. The van der Waals surface area contributed by atoms with E-state index in [1.54, 1.807) is 6.92 Å². The Balaban J connectivity index is 0.000000606. The van der Waals surface area contributed by atoms with Crippen LogP contribution in [0.1, 0.15) is 36.7 Å². The van der Waals surface area contributed by atoms with Crippen LogP contribution < -0.4 is 0 Å². The van der Waals surface area contributed by atoms with Crippen LogP contribution in [0.15, 0.2) is 24.4 Å². The predicted molar refractivity (Wildman–Crippen MR) is 69.0 cm³/mol. The highest BCUT2D eigenvalue weighted by Gasteiger charge is 2.09. The van der Waals surface area contributed by atoms with Gasteiger partial charge in [-0.1, -0.05) is 26.0 Å². The van der Waals surface area contributed by atoms with Crippen molar-refractivity contribution in [3.8, 4) is 0 Å². The predicted octanol–water partition coefficient (Wildman–Crippen LogP) is 3.72. The third kappa shape index (κ3) is 2.16. The summed E-state index contributed by atoms with van der Waals surface area (Å²) in [4.78, 5) is 11.3. The van der Waals surface area contributed by atoms with Crippen LogP contribution in [0.4, 0.5) is 0 Å². The third-order valence-corrected chi connectivity index (χ3v) is 2.53. The molecule has 0 atom stereocenters. The van der Waals surface area contributed by atoms with Crippen LogP contribution in [0.3, 0.4) is 0 Å². The fraction of sp³-hybridized carbons (Fsp3) is 0.357. The third-order valence-electron chi connectivity index (χ3n) is 2.53. The average molecular weight is 217 g/mol. The van der Waals surface area contributed by atoms with E-state index in [0.717, 1.165) is 16.5 Å². The summed E-state index contributed by atoms with van der Waals surface area (Å²) < 4.78 is 2.00. The number of rotatable bonds is 1. The molecule has 0 aliphatic carbocycles. The number of hydrogen-bond acceptors (Lipinski definition) is 1. The van der Waals surface area contributed by atoms with Gasteiger partial charge in [0.25, 0.3) is 0 Å². The van der Waals surface area contributed by atoms with E-state index in [2.05, 4.69) is 13.0 Å². The summed E-state index contributed by atoms with van der Waals surface area (Å²) in [7, 11) is 1.97. The Morgan fingerprint density at radius 2 is 1.88 bits per heavy atom. The first-order valence-electron chi connectivity index (χ1n) is 5.66. The minimum absolute atomic E-state index is 0.124. The van der Waals surface area contributed by atoms with Crippen LogP contribution in [0.2, 0.25) is 0 Å². The molecular formula is C14H19NO. The summed E-state index contributed by atoms with van der Waals surface area (Å²) in [5.41, 5.74) is 3.14. The summed E-state index contributed by atoms with van der Waals surface area (Å²) in [6.45, 7) is 7.66. The summed E-state index contributed by atoms with van der Waals surface area (Å²) in [6, 6.07) is 6.15. The maximum absolute atomic E-state index is 11.3. The summed E-state index contributed by atoms with van der Waals surface area (Å²) >= 11 is 0. The highest BCUT2D eigenvalue weighted by atomic mass is 16.1. The van der Waals surface area contributed by atoms with Crippen molar-refractivity contribution in [2.75, 3.05) is 0 Å². The Hall–Kier alpha value is -1.57. The number of Topliss-reactive ketones (excluding diaryl/α,β-unsaturated/α-hetero) is 1. The van der Waals surface area contributed by atoms with E-state index in [-0.39, 0.29) is 5.78 Å². The molecule has 0 bridgehead atoms. The van der Waals surface area contributed by atoms with Crippen molar-refractivity contribution < 1.29 is 4.79 Å². The van der Waals surface area contributed by atoms with Gasteiger partial charge in [0, 0.05) is 29.7 Å². The molecule has 2 nitrogen and oxygen atoms in total. The number of benzene rings is 1. The number of carbonyl (C=O) groups is 1. The van der Waals surface area contributed by atoms with Crippen molar-refractivity contribution in [2.45, 2.75) is 27.7 Å². The maximum Gasteiger partial charge on any atom is 0.161 e. The molecule has 0 N–H and O–H groups in total. The second-order valence-corrected chi connectivity index (χ2v) is 3.73. The van der Waals surface area contributed by atoms with Crippen LogP contribution >= 0.6 is 0 Å². The maximum atomic E-state index is 11.3. The van der Waals surface area contributed by atoms with Crippen molar-refractivity contribution >= 4 is 16.7 Å². The van der Waals surface area contributed by atoms with Crippen molar-refractivity contribution in [1.82, 2.24) is 4.57 Å². The van der Waals surface area contributed by atoms with E-state index >= 15 is 0 Å². The monoisotopic (exact) mass is 217 g/mol. The lowest BCUT2D eigenvalue weighted by Gasteiger charge is -1.97. The van der Waals surface area contributed by atoms with Gasteiger partial charge in [-0.15, -0.1) is 0 Å². The molecule has 0 aliphatic rings. The molecule has 2 aromatic rings. The van der Waals surface area contributed by atoms with Crippen LogP contribution in [-0.4, -0.2) is 10.4 Å². The average Bonchev–Trinajstić information content (AvgIpc) is 2.59. The number of aromatic nitrogens is 1. The zero-order chi connectivity index (χ0) is 12.3. The summed E-state index contributed by atoms with van der Waals surface area (Å²) in [6.07, 6.45) is 1.90. The zero-order valence-corrected chi connectivity index (χ0v) is 10.7. The number of aryl methyl sites for hydroxylation is 2. The van der Waals surface area contributed by atoms with E-state index in [1.165, 1.54) is 5.56 Å². The summed E-state index contributed by atoms with van der Waals surface area (Å²) in [5.74, 6) is 0.124. The van der Waals surface area contributed by atoms with Gasteiger partial charge in [-0.05, 0) is 25.5 Å². The normalized spacial score (nSPS) is 9.81. The Morgan fingerprint density at radius 3 is 2.44 bits per heavy atom. The molecule has 0 saturated carbocycles. The van der Waals surface area contributed by atoms with Crippen molar-refractivity contribution in [1.29, 1.82) is 0 Å². The molecule has 2 rings (SSSR count). The lowest BCUT2D eigenvalue weighted by Crippen LogP contribution is -1.88. The van der Waals surface area contributed by atoms with Gasteiger partial charge >= 0.3 is 0 Å². The molecule has 0 radical (unpaired) electrons. The van der Waals surface area contributed by atoms with Crippen LogP contribution in [0.25, 0.3) is 10.9 Å². The van der Waals surface area contributed by atoms with E-state index in [0.29, 0.717) is 0 Å². The first-order valence-corrected chi connectivity index (χ1v) is 5.66. The second kappa shape index (κ2) is 4.97. The Morgan fingerprint density at radius 1 is 1.25 bits per heavy atom. The van der Waals surface area contributed by atoms with E-state index in [9.17, 15) is 4.79 Å². The van der Waals surface area contributed by atoms with Gasteiger partial charge in [-0.2, -0.15) is 0 Å². The highest BCUT2D eigenvalue weighted by molar-refractivity contribution is 6.07. The van der Waals surface area contributed by atoms with Gasteiger partial charge in [0.1, 0.15) is 0 Å². The fourth-order valence-electron chi connectivity index (χ4n) is 1.77. The molecule has 16 heavy (non-hydrogen) atoms. The number of fused-ring (bicyclic) bond motifs is 1. The second-order valence-electron chi connectivity index (χ2n) is 3.73. The molecule has 0 spiro atoms. The van der Waals surface area contributed by atoms with Crippen molar-refractivity contribution in [3.05, 3.63) is 35.5 Å². The number of nitrogens with zero attached hydrogens (tertiary/aromatic N) is 1. The topological polar surface area (TPSA) is 22.0 Å². The first-order chi connectivity index (χ1) is 7.59. The molecule has 0 aliphatic heterocycles. The van der Waals surface area contributed by atoms with Crippen molar-refractivity contribution in [3.63, 3.8) is 0 Å². The van der Waals surface area contributed by atoms with E-state index in [1.807, 2.05) is 43.8 Å². The van der Waals surface area contributed by atoms with Crippen LogP contribution in [0.5, 0.6) is 0 Å². The molecular weight excluding hydrogens is 198 g/mol. The molecule has 1 heterocycles. The molecule has 0 unspecified atom stereocenters. The van der Waals surface area contributed by atoms with Crippen molar-refractivity contribution in [2.24, 2.45) is 7.05 Å². The van der Waals surface area contributed by atoms with Crippen LogP contribution in [0, 0.1) is 6.92 Å². The van der Waals surface area contributed by atoms with Crippen LogP contribution in [-0.2, 0) is 7.05 Å². The van der Waals surface area contributed by atoms with Gasteiger partial charge in [-0.25, -0.2) is 0 Å². The van der Waals surface area contributed by atoms with Gasteiger partial charge in [0.15, 0.2) is 5.78 Å². The van der Waals surface area contributed by atoms with E-state index < -0.39 is 0 Å². The molecule has 0 saturated heterocycles. The molecule has 2 heteroatoms. The lowest BCUT2D eigenvalue weighted by atomic mass is 10.1. The molecule has 86 valence electrons. The number of hydrogen-bond donors (Lipinski definition) is 0. The highest BCUT2D eigenvalue weighted by Crippen LogP contribution is 2.21. The van der Waals surface area contributed by atoms with Gasteiger partial charge < -0.3 is 4.57 Å². The number of carbonyl (C=O) groups excluding carboxylic acids is 1. The standard InChI is InChI=1S/C12H13NO.C2H6/c1-8-4-5-10-11(9(2)14)7-13(3)12(10)6-8;1-2/h4-7H,1-3H3;1-2H3. The smallest absolute Gasteiger partial charge is 0.161 e. The molecule has 0 amide bonds. The fourth-order valence-corrected chi connectivity index (χ4v) is 1.77. The van der Waals surface area contributed by atoms with E-state index in [4.69, 9.17) is 0 Å². The quantitative estimate of drug-likeness (QED) is 0.667. The number of ketones is 1. The summed E-state index contributed by atoms with van der Waals surface area (Å²) in [5, 5.41) is 1.05. The zero-order valence-electron chi connectivity index (χ0n) is 10.7. The minimum Gasteiger partial charge on any atom is -0.350 e. The largest absolute Gasteiger partial charge is 0.350 e. The Kier molecular flexibility index (Phi) is 3.88. The lowest BCUT2D eigenvalue weighted by molar-refractivity contribution is 0.101. The van der Waals surface area contributed by atoms with Gasteiger partial charge in [0.05, 0.1) is 0 Å². The van der Waals surface area contributed by atoms with Gasteiger partial charge in [-0.3, -0.25) is 4.79 Å². The molecule has 0 fully saturated rings. The Labute approximate surface area is 96.9 Å². The first kappa shape index (κ1) is 12.5. The van der Waals surface area contributed by atoms with Gasteiger partial charge in [0.2, 0.25) is 0 Å². The molecule has 1 aromatic carbocycles.